The highest BCUT2D eigenvalue weighted by molar-refractivity contribution is 9.10. The fraction of sp³-hybridized carbons (Fsp3) is 0.500. The first-order valence-electron chi connectivity index (χ1n) is 6.77. The molecule has 0 spiro atoms. The maximum atomic E-state index is 12.0. The number of hydrogen-bond donors (Lipinski definition) is 0. The molecule has 1 aliphatic rings. The van der Waals surface area contributed by atoms with Crippen molar-refractivity contribution in [1.82, 2.24) is 0 Å². The molecule has 1 aliphatic carbocycles. The summed E-state index contributed by atoms with van der Waals surface area (Å²) in [7, 11) is 0. The first-order valence-corrected chi connectivity index (χ1v) is 7.57. The van der Waals surface area contributed by atoms with Crippen molar-refractivity contribution in [2.75, 3.05) is 6.67 Å². The summed E-state index contributed by atoms with van der Waals surface area (Å²) in [4.78, 5) is 0. The lowest BCUT2D eigenvalue weighted by molar-refractivity contribution is 0.375. The Hall–Kier alpha value is -0.630. The summed E-state index contributed by atoms with van der Waals surface area (Å²) in [5.41, 5.74) is 1.46. The van der Waals surface area contributed by atoms with Gasteiger partial charge in [0.05, 0.1) is 6.67 Å². The molecule has 0 saturated heterocycles. The molecule has 0 bridgehead atoms. The molecule has 0 nitrogen and oxygen atoms in total. The molecule has 0 N–H and O–H groups in total. The van der Waals surface area contributed by atoms with Crippen LogP contribution in [0, 0.1) is 5.92 Å². The zero-order valence-electron chi connectivity index (χ0n) is 10.6. The second kappa shape index (κ2) is 7.08. The normalized spacial score (nSPS) is 24.6. The molecule has 98 valence electrons. The second-order valence-corrected chi connectivity index (χ2v) is 5.98. The largest absolute Gasteiger partial charge is 0.251 e. The summed E-state index contributed by atoms with van der Waals surface area (Å²) >= 11 is 3.47. The molecule has 0 radical (unpaired) electrons. The van der Waals surface area contributed by atoms with E-state index < -0.39 is 0 Å². The van der Waals surface area contributed by atoms with Gasteiger partial charge in [-0.1, -0.05) is 40.2 Å². The van der Waals surface area contributed by atoms with Gasteiger partial charge in [0.2, 0.25) is 0 Å². The Bertz CT molecular complexity index is 375. The molecule has 1 saturated carbocycles. The van der Waals surface area contributed by atoms with E-state index in [1.165, 1.54) is 31.2 Å². The molecule has 1 aromatic rings. The monoisotopic (exact) mass is 310 g/mol. The van der Waals surface area contributed by atoms with Crippen LogP contribution < -0.4 is 0 Å². The van der Waals surface area contributed by atoms with E-state index in [9.17, 15) is 4.39 Å². The third-order valence-electron chi connectivity index (χ3n) is 3.80. The van der Waals surface area contributed by atoms with Gasteiger partial charge in [0.25, 0.3) is 0 Å². The summed E-state index contributed by atoms with van der Waals surface area (Å²) in [5, 5.41) is 0. The Morgan fingerprint density at radius 2 is 1.78 bits per heavy atom. The summed E-state index contributed by atoms with van der Waals surface area (Å²) < 4.78 is 13.2. The summed E-state index contributed by atoms with van der Waals surface area (Å²) in [5.74, 6) is 1.38. The van der Waals surface area contributed by atoms with Crippen molar-refractivity contribution < 1.29 is 4.39 Å². The van der Waals surface area contributed by atoms with Crippen molar-refractivity contribution in [2.45, 2.75) is 38.0 Å². The highest BCUT2D eigenvalue weighted by Crippen LogP contribution is 2.36. The zero-order valence-corrected chi connectivity index (χ0v) is 12.2. The minimum absolute atomic E-state index is 0.231. The molecule has 0 amide bonds. The van der Waals surface area contributed by atoms with E-state index in [4.69, 9.17) is 0 Å². The average molecular weight is 311 g/mol. The number of halogens is 2. The van der Waals surface area contributed by atoms with Gasteiger partial charge in [-0.2, -0.15) is 0 Å². The molecule has 0 atom stereocenters. The Morgan fingerprint density at radius 3 is 2.39 bits per heavy atom. The van der Waals surface area contributed by atoms with Crippen molar-refractivity contribution in [2.24, 2.45) is 5.92 Å². The van der Waals surface area contributed by atoms with Gasteiger partial charge in [0.1, 0.15) is 0 Å². The van der Waals surface area contributed by atoms with Crippen LogP contribution in [0.25, 0.3) is 0 Å². The van der Waals surface area contributed by atoms with Gasteiger partial charge in [-0.25, -0.2) is 0 Å². The van der Waals surface area contributed by atoms with Gasteiger partial charge < -0.3 is 0 Å². The SMILES string of the molecule is FCCC=C[C@H]1CC[C@H](c2ccc(Br)cc2)CC1. The van der Waals surface area contributed by atoms with Crippen LogP contribution in [0.3, 0.4) is 0 Å². The van der Waals surface area contributed by atoms with Crippen LogP contribution in [0.1, 0.15) is 43.6 Å². The van der Waals surface area contributed by atoms with Gasteiger partial charge >= 0.3 is 0 Å². The van der Waals surface area contributed by atoms with Crippen LogP contribution in [0.2, 0.25) is 0 Å². The lowest BCUT2D eigenvalue weighted by Gasteiger charge is -2.27. The standard InChI is InChI=1S/C16H20BrF/c17-16-10-8-15(9-11-16)14-6-4-13(5-7-14)3-1-2-12-18/h1,3,8-11,13-14H,2,4-7,12H2/t13-,14-. The van der Waals surface area contributed by atoms with E-state index in [-0.39, 0.29) is 6.67 Å². The Labute approximate surface area is 117 Å². The van der Waals surface area contributed by atoms with Crippen molar-refractivity contribution in [3.8, 4) is 0 Å². The summed E-state index contributed by atoms with van der Waals surface area (Å²) in [6, 6.07) is 8.72. The Balaban J connectivity index is 1.84. The van der Waals surface area contributed by atoms with Crippen molar-refractivity contribution in [3.63, 3.8) is 0 Å². The minimum atomic E-state index is -0.231. The lowest BCUT2D eigenvalue weighted by atomic mass is 9.78. The molecule has 0 aromatic heterocycles. The lowest BCUT2D eigenvalue weighted by Crippen LogP contribution is -2.11. The van der Waals surface area contributed by atoms with Gasteiger partial charge in [0.15, 0.2) is 0 Å². The van der Waals surface area contributed by atoms with Crippen LogP contribution >= 0.6 is 15.9 Å². The van der Waals surface area contributed by atoms with Gasteiger partial charge in [0, 0.05) is 4.47 Å². The predicted octanol–water partition coefficient (Wildman–Crippen LogP) is 5.64. The predicted molar refractivity (Wildman–Crippen MR) is 78.6 cm³/mol. The molecule has 2 heteroatoms. The molecule has 0 unspecified atom stereocenters. The van der Waals surface area contributed by atoms with E-state index in [0.29, 0.717) is 18.3 Å². The maximum Gasteiger partial charge on any atom is 0.0928 e. The van der Waals surface area contributed by atoms with Gasteiger partial charge in [-0.3, -0.25) is 4.39 Å². The molecule has 1 fully saturated rings. The van der Waals surface area contributed by atoms with Crippen LogP contribution in [0.5, 0.6) is 0 Å². The van der Waals surface area contributed by atoms with E-state index in [1.807, 2.05) is 6.08 Å². The topological polar surface area (TPSA) is 0 Å². The van der Waals surface area contributed by atoms with E-state index >= 15 is 0 Å². The highest BCUT2D eigenvalue weighted by Gasteiger charge is 2.20. The van der Waals surface area contributed by atoms with Crippen molar-refractivity contribution in [3.05, 3.63) is 46.5 Å². The van der Waals surface area contributed by atoms with Crippen LogP contribution in [-0.2, 0) is 0 Å². The average Bonchev–Trinajstić information content (AvgIpc) is 2.41. The number of benzene rings is 1. The summed E-state index contributed by atoms with van der Waals surface area (Å²) in [6.07, 6.45) is 9.79. The fourth-order valence-corrected chi connectivity index (χ4v) is 3.00. The first kappa shape index (κ1) is 13.8. The number of allylic oxidation sites excluding steroid dienone is 2. The minimum Gasteiger partial charge on any atom is -0.251 e. The van der Waals surface area contributed by atoms with Crippen molar-refractivity contribution >= 4 is 15.9 Å². The van der Waals surface area contributed by atoms with E-state index in [1.54, 1.807) is 0 Å². The molecule has 0 aliphatic heterocycles. The maximum absolute atomic E-state index is 12.0. The third-order valence-corrected chi connectivity index (χ3v) is 4.33. The molecule has 1 aromatic carbocycles. The first-order chi connectivity index (χ1) is 8.79. The quantitative estimate of drug-likeness (QED) is 0.631. The number of hydrogen-bond acceptors (Lipinski definition) is 0. The fourth-order valence-electron chi connectivity index (χ4n) is 2.73. The zero-order chi connectivity index (χ0) is 12.8. The number of rotatable bonds is 4. The molecular weight excluding hydrogens is 291 g/mol. The van der Waals surface area contributed by atoms with Crippen LogP contribution in [0.15, 0.2) is 40.9 Å². The smallest absolute Gasteiger partial charge is 0.0928 e. The second-order valence-electron chi connectivity index (χ2n) is 5.07. The summed E-state index contributed by atoms with van der Waals surface area (Å²) in [6.45, 7) is -0.231. The third kappa shape index (κ3) is 3.94. The molecule has 0 heterocycles. The number of alkyl halides is 1. The molecular formula is C16H20BrF. The van der Waals surface area contributed by atoms with E-state index in [0.717, 1.165) is 4.47 Å². The van der Waals surface area contributed by atoms with Gasteiger partial charge in [-0.05, 0) is 61.6 Å². The van der Waals surface area contributed by atoms with E-state index in [2.05, 4.69) is 46.3 Å². The molecule has 18 heavy (non-hydrogen) atoms. The van der Waals surface area contributed by atoms with Crippen molar-refractivity contribution in [1.29, 1.82) is 0 Å². The van der Waals surface area contributed by atoms with Gasteiger partial charge in [-0.15, -0.1) is 0 Å². The highest BCUT2D eigenvalue weighted by atomic mass is 79.9. The molecule has 2 rings (SSSR count). The van der Waals surface area contributed by atoms with Crippen LogP contribution in [-0.4, -0.2) is 6.67 Å². The Kier molecular flexibility index (Phi) is 5.43. The Morgan fingerprint density at radius 1 is 1.11 bits per heavy atom. The van der Waals surface area contributed by atoms with Crippen LogP contribution in [0.4, 0.5) is 4.39 Å².